The number of rotatable bonds is 13. The topological polar surface area (TPSA) is 117 Å². The second-order valence-electron chi connectivity index (χ2n) is 21.9. The summed E-state index contributed by atoms with van der Waals surface area (Å²) < 4.78 is 9.54. The second kappa shape index (κ2) is 16.3. The van der Waals surface area contributed by atoms with E-state index < -0.39 is 17.4 Å². The van der Waals surface area contributed by atoms with Gasteiger partial charge >= 0.3 is 11.9 Å². The summed E-state index contributed by atoms with van der Waals surface area (Å²) >= 11 is 5.89. The third kappa shape index (κ3) is 7.90. The molecule has 11 heteroatoms. The van der Waals surface area contributed by atoms with Crippen LogP contribution >= 0.6 is 32.3 Å². The van der Waals surface area contributed by atoms with Gasteiger partial charge in [0.15, 0.2) is 5.78 Å². The number of carbonyl (C=O) groups is 4. The van der Waals surface area contributed by atoms with Gasteiger partial charge in [0.25, 0.3) is 0 Å². The fourth-order valence-electron chi connectivity index (χ4n) is 14.3. The number of amides is 1. The number of hydrogen-bond donors (Lipinski definition) is 1. The van der Waals surface area contributed by atoms with Crippen LogP contribution in [0.1, 0.15) is 146 Å². The van der Waals surface area contributed by atoms with Crippen LogP contribution in [0.5, 0.6) is 0 Å². The number of aliphatic carboxylic acids is 1. The van der Waals surface area contributed by atoms with E-state index in [-0.39, 0.29) is 72.2 Å². The van der Waals surface area contributed by atoms with Crippen molar-refractivity contribution in [2.75, 3.05) is 32.7 Å². The molecule has 0 bridgehead atoms. The molecule has 0 aromatic heterocycles. The van der Waals surface area contributed by atoms with E-state index in [1.165, 1.54) is 9.21 Å². The highest BCUT2D eigenvalue weighted by Crippen LogP contribution is 2.77. The Balaban J connectivity index is 1.13. The highest BCUT2D eigenvalue weighted by atomic mass is 127. The average Bonchev–Trinajstić information content (AvgIpc) is 3.70. The van der Waals surface area contributed by atoms with E-state index in [2.05, 4.69) is 57.4 Å². The van der Waals surface area contributed by atoms with Gasteiger partial charge in [0, 0.05) is 56.1 Å². The van der Waals surface area contributed by atoms with Crippen LogP contribution in [-0.4, -0.2) is 87.2 Å². The van der Waals surface area contributed by atoms with Crippen molar-refractivity contribution in [1.29, 1.82) is 0 Å². The van der Waals surface area contributed by atoms with Crippen molar-refractivity contribution >= 4 is 65.8 Å². The molecule has 1 amide bonds. The monoisotopic (exact) mass is 947 g/mol. The van der Waals surface area contributed by atoms with Crippen LogP contribution in [0.4, 0.5) is 0 Å². The summed E-state index contributed by atoms with van der Waals surface area (Å²) in [6, 6.07) is 0. The summed E-state index contributed by atoms with van der Waals surface area (Å²) in [7, 11) is 0. The quantitative estimate of drug-likeness (QED) is 0.144. The molecular weight excluding hydrogens is 877 g/mol. The van der Waals surface area contributed by atoms with Crippen molar-refractivity contribution < 1.29 is 29.0 Å². The first kappa shape index (κ1) is 45.1. The molecular formula is C48H71ClIN3O6. The van der Waals surface area contributed by atoms with E-state index in [0.29, 0.717) is 36.4 Å². The van der Waals surface area contributed by atoms with Crippen molar-refractivity contribution in [3.63, 3.8) is 0 Å². The largest absolute Gasteiger partial charge is 0.481 e. The number of ketones is 1. The summed E-state index contributed by atoms with van der Waals surface area (Å²) in [6.45, 7) is 24.1. The lowest BCUT2D eigenvalue weighted by molar-refractivity contribution is -0.233. The highest BCUT2D eigenvalue weighted by Gasteiger charge is 2.70. The van der Waals surface area contributed by atoms with Crippen LogP contribution in [0.2, 0.25) is 0 Å². The maximum atomic E-state index is 14.4. The second-order valence-corrected chi connectivity index (χ2v) is 24.9. The third-order valence-electron chi connectivity index (χ3n) is 17.7. The van der Waals surface area contributed by atoms with E-state index in [1.54, 1.807) is 20.1 Å². The molecule has 0 aromatic carbocycles. The van der Waals surface area contributed by atoms with E-state index in [4.69, 9.17) is 21.3 Å². The van der Waals surface area contributed by atoms with Crippen molar-refractivity contribution in [1.82, 2.24) is 9.80 Å². The third-order valence-corrected chi connectivity index (χ3v) is 20.6. The zero-order valence-electron chi connectivity index (χ0n) is 37.4. The van der Waals surface area contributed by atoms with Crippen LogP contribution in [0.15, 0.2) is 25.3 Å². The van der Waals surface area contributed by atoms with Gasteiger partial charge in [-0.15, -0.1) is 0 Å². The highest BCUT2D eigenvalue weighted by molar-refractivity contribution is 14.2. The fourth-order valence-corrected chi connectivity index (χ4v) is 16.4. The standard InChI is InChI=1S/C48H71ClIN3O6/c1-30(2)40-33(54)25-48(20-22-52(23-24-53-21-10-11-38(53)55)29-37-50-27-31(49)28-51-37)19-18-46(8)32(41(40)48)12-13-35-45(7)16-15-36(59-39(56)26-43(3,4)42(57)58)44(5,6)34(45)14-17-47(35,46)9/h27-28,30,32,34-36H,10-26,29H2,1-9H3,(H,57,58)/t32-,34+,35-,36+,45+,46-,47-,48-/m1/s1. The number of allylic oxidation sites excluding steroid dienone is 3. The molecule has 0 radical (unpaired) electrons. The molecule has 328 valence electrons. The number of nitrogens with zero attached hydrogens (tertiary/aromatic N) is 3. The number of hydrogen-bond acceptors (Lipinski definition) is 7. The van der Waals surface area contributed by atoms with Gasteiger partial charge in [-0.3, -0.25) is 29.1 Å². The molecule has 4 saturated carbocycles. The van der Waals surface area contributed by atoms with Gasteiger partial charge in [-0.2, -0.15) is 0 Å². The SMILES string of the molecule is CC(C)C1=C2[C@H]3CC[C@@H]4[C@@]5(C)CC[C@H](OC(=O)CC(C)(C)C(=O)O)C(C)(C)[C@@H]5CC[C@@]4(C)[C@]3(C)CC[C@@]2(CCN(CCN2CCCC2=O)CC2=IC=C(Cl)C=N2)CC1=O. The lowest BCUT2D eigenvalue weighted by atomic mass is 9.33. The smallest absolute Gasteiger partial charge is 0.309 e. The van der Waals surface area contributed by atoms with E-state index >= 15 is 0 Å². The summed E-state index contributed by atoms with van der Waals surface area (Å²) in [5.74, 6) is 0.701. The number of ether oxygens (including phenoxy) is 1. The number of carboxylic acid groups (broad SMARTS) is 1. The van der Waals surface area contributed by atoms with Gasteiger partial charge in [0.1, 0.15) is 6.10 Å². The summed E-state index contributed by atoms with van der Waals surface area (Å²) in [4.78, 5) is 61.3. The number of aliphatic imine (C=N–C) groups is 1. The van der Waals surface area contributed by atoms with Crippen LogP contribution < -0.4 is 0 Å². The maximum Gasteiger partial charge on any atom is 0.309 e. The van der Waals surface area contributed by atoms with Crippen molar-refractivity contribution in [2.24, 2.45) is 61.2 Å². The van der Waals surface area contributed by atoms with Gasteiger partial charge in [-0.25, -0.2) is 0 Å². The van der Waals surface area contributed by atoms with Crippen LogP contribution in [-0.2, 0) is 23.9 Å². The molecule has 8 atom stereocenters. The molecule has 0 aromatic rings. The zero-order chi connectivity index (χ0) is 42.9. The molecule has 59 heavy (non-hydrogen) atoms. The predicted octanol–water partition coefficient (Wildman–Crippen LogP) is 9.96. The molecule has 1 N–H and O–H groups in total. The van der Waals surface area contributed by atoms with Crippen molar-refractivity contribution in [3.05, 3.63) is 20.3 Å². The minimum Gasteiger partial charge on any atom is -0.481 e. The minimum atomic E-state index is -1.16. The lowest BCUT2D eigenvalue weighted by Gasteiger charge is -2.72. The molecule has 2 aliphatic heterocycles. The Bertz CT molecular complexity index is 1870. The number of carbonyl (C=O) groups excluding carboxylic acids is 3. The number of halogens is 2. The number of esters is 1. The Labute approximate surface area is 368 Å². The van der Waals surface area contributed by atoms with Gasteiger partial charge in [0.2, 0.25) is 5.91 Å². The van der Waals surface area contributed by atoms with Gasteiger partial charge in [-0.05, 0) is 134 Å². The van der Waals surface area contributed by atoms with Crippen molar-refractivity contribution in [2.45, 2.75) is 152 Å². The van der Waals surface area contributed by atoms with Crippen LogP contribution in [0.3, 0.4) is 0 Å². The molecule has 5 fully saturated rings. The number of Topliss-reactive ketones (excluding diaryl/α,β-unsaturated/α-hetero) is 1. The van der Waals surface area contributed by atoms with Crippen molar-refractivity contribution in [3.8, 4) is 0 Å². The summed E-state index contributed by atoms with van der Waals surface area (Å²) in [5.41, 5.74) is 1.35. The first-order chi connectivity index (χ1) is 27.6. The molecule has 2 heterocycles. The normalized spacial score (nSPS) is 36.7. The first-order valence-electron chi connectivity index (χ1n) is 22.7. The molecule has 7 rings (SSSR count). The predicted molar refractivity (Wildman–Crippen MR) is 244 cm³/mol. The molecule has 0 unspecified atom stereocenters. The van der Waals surface area contributed by atoms with E-state index in [1.807, 2.05) is 4.90 Å². The van der Waals surface area contributed by atoms with Gasteiger partial charge in [-0.1, -0.05) is 86.4 Å². The fraction of sp³-hybridized carbons (Fsp3) is 0.792. The number of likely N-dealkylation sites (tertiary alicyclic amines) is 1. The Morgan fingerprint density at radius 1 is 1.02 bits per heavy atom. The first-order valence-corrected chi connectivity index (χ1v) is 25.4. The molecule has 1 saturated heterocycles. The zero-order valence-corrected chi connectivity index (χ0v) is 40.3. The lowest BCUT2D eigenvalue weighted by Crippen LogP contribution is -2.65. The van der Waals surface area contributed by atoms with Crippen LogP contribution in [0, 0.1) is 56.2 Å². The van der Waals surface area contributed by atoms with E-state index in [0.717, 1.165) is 108 Å². The molecule has 0 spiro atoms. The molecule has 7 aliphatic rings. The minimum absolute atomic E-state index is 0.0574. The van der Waals surface area contributed by atoms with Gasteiger partial charge < -0.3 is 14.7 Å². The summed E-state index contributed by atoms with van der Waals surface area (Å²) in [5, 5.41) is 10.4. The Morgan fingerprint density at radius 3 is 2.41 bits per heavy atom. The van der Waals surface area contributed by atoms with Gasteiger partial charge in [0.05, 0.1) is 20.5 Å². The Kier molecular flexibility index (Phi) is 12.5. The Morgan fingerprint density at radius 2 is 1.76 bits per heavy atom. The molecule has 9 nitrogen and oxygen atoms in total. The maximum absolute atomic E-state index is 14.4. The summed E-state index contributed by atoms with van der Waals surface area (Å²) in [6.07, 6.45) is 13.0. The average molecular weight is 948 g/mol. The van der Waals surface area contributed by atoms with E-state index in [9.17, 15) is 24.3 Å². The number of carboxylic acids is 1. The Hall–Kier alpha value is -1.92. The molecule has 5 aliphatic carbocycles. The number of fused-ring (bicyclic) bond motifs is 7. The van der Waals surface area contributed by atoms with Crippen LogP contribution in [0.25, 0.3) is 0 Å².